The second-order valence-electron chi connectivity index (χ2n) is 7.44. The van der Waals surface area contributed by atoms with Crippen molar-refractivity contribution in [2.45, 2.75) is 51.9 Å². The second kappa shape index (κ2) is 7.77. The number of carbonyl (C=O) groups is 1. The smallest absolute Gasteiger partial charge is 0.220 e. The van der Waals surface area contributed by atoms with Crippen LogP contribution in [0.15, 0.2) is 24.3 Å². The quantitative estimate of drug-likeness (QED) is 0.848. The van der Waals surface area contributed by atoms with Crippen molar-refractivity contribution in [3.05, 3.63) is 35.4 Å². The Morgan fingerprint density at radius 2 is 2.00 bits per heavy atom. The van der Waals surface area contributed by atoms with Gasteiger partial charge in [0.15, 0.2) is 0 Å². The van der Waals surface area contributed by atoms with Crippen molar-refractivity contribution in [1.29, 1.82) is 0 Å². The summed E-state index contributed by atoms with van der Waals surface area (Å²) in [6.45, 7) is 9.59. The highest BCUT2D eigenvalue weighted by Crippen LogP contribution is 2.22. The van der Waals surface area contributed by atoms with Crippen LogP contribution in [-0.2, 0) is 16.6 Å². The predicted molar refractivity (Wildman–Crippen MR) is 92.1 cm³/mol. The fourth-order valence-electron chi connectivity index (χ4n) is 2.90. The van der Waals surface area contributed by atoms with Crippen molar-refractivity contribution < 1.29 is 4.79 Å². The Bertz CT molecular complexity index is 467. The summed E-state index contributed by atoms with van der Waals surface area (Å²) in [4.78, 5) is 11.8. The van der Waals surface area contributed by atoms with Crippen LogP contribution in [0.25, 0.3) is 0 Å². The molecule has 1 aromatic carbocycles. The molecule has 0 radical (unpaired) electrons. The van der Waals surface area contributed by atoms with Crippen molar-refractivity contribution in [1.82, 2.24) is 10.6 Å². The summed E-state index contributed by atoms with van der Waals surface area (Å²) in [5.41, 5.74) is 2.83. The molecule has 1 heterocycles. The number of carbonyl (C=O) groups excluding carboxylic acids is 1. The van der Waals surface area contributed by atoms with Crippen molar-refractivity contribution in [3.8, 4) is 0 Å². The summed E-state index contributed by atoms with van der Waals surface area (Å²) < 4.78 is 0. The minimum absolute atomic E-state index is 0.193. The molecule has 1 saturated heterocycles. The number of hydrogen-bond donors (Lipinski definition) is 2. The molecule has 1 aliphatic rings. The van der Waals surface area contributed by atoms with Crippen LogP contribution in [-0.4, -0.2) is 25.5 Å². The summed E-state index contributed by atoms with van der Waals surface area (Å²) in [5.74, 6) is 0.883. The molecule has 0 bridgehead atoms. The van der Waals surface area contributed by atoms with Gasteiger partial charge in [0.1, 0.15) is 0 Å². The molecule has 0 saturated carbocycles. The Balaban J connectivity index is 1.66. The Morgan fingerprint density at radius 1 is 1.27 bits per heavy atom. The highest BCUT2D eigenvalue weighted by Gasteiger charge is 2.15. The normalized spacial score (nSPS) is 18.4. The van der Waals surface area contributed by atoms with Gasteiger partial charge in [-0.2, -0.15) is 0 Å². The molecule has 1 atom stereocenters. The van der Waals surface area contributed by atoms with E-state index in [4.69, 9.17) is 0 Å². The molecule has 0 aromatic heterocycles. The van der Waals surface area contributed by atoms with Crippen molar-refractivity contribution >= 4 is 5.91 Å². The van der Waals surface area contributed by atoms with Gasteiger partial charge in [0.25, 0.3) is 0 Å². The Hall–Kier alpha value is -1.35. The van der Waals surface area contributed by atoms with Crippen LogP contribution in [0.3, 0.4) is 0 Å². The van der Waals surface area contributed by atoms with Gasteiger partial charge in [-0.15, -0.1) is 0 Å². The Morgan fingerprint density at radius 3 is 2.59 bits per heavy atom. The third kappa shape index (κ3) is 5.45. The molecule has 0 aliphatic carbocycles. The average Bonchev–Trinajstić information content (AvgIpc) is 2.98. The SMILES string of the molecule is CC(C)(C)c1ccc(CCNC(=O)CCC2CCNC2)cc1. The number of hydrogen-bond acceptors (Lipinski definition) is 2. The van der Waals surface area contributed by atoms with Gasteiger partial charge >= 0.3 is 0 Å². The van der Waals surface area contributed by atoms with Gasteiger partial charge in [-0.1, -0.05) is 45.0 Å². The van der Waals surface area contributed by atoms with Crippen LogP contribution < -0.4 is 10.6 Å². The van der Waals surface area contributed by atoms with E-state index in [9.17, 15) is 4.79 Å². The monoisotopic (exact) mass is 302 g/mol. The molecule has 0 spiro atoms. The maximum absolute atomic E-state index is 11.8. The lowest BCUT2D eigenvalue weighted by Crippen LogP contribution is -2.26. The van der Waals surface area contributed by atoms with E-state index in [0.29, 0.717) is 12.3 Å². The van der Waals surface area contributed by atoms with E-state index in [1.165, 1.54) is 17.5 Å². The minimum Gasteiger partial charge on any atom is -0.356 e. The third-order valence-corrected chi connectivity index (χ3v) is 4.50. The van der Waals surface area contributed by atoms with Gasteiger partial charge in [-0.25, -0.2) is 0 Å². The lowest BCUT2D eigenvalue weighted by Gasteiger charge is -2.19. The highest BCUT2D eigenvalue weighted by atomic mass is 16.1. The van der Waals surface area contributed by atoms with Gasteiger partial charge in [0, 0.05) is 13.0 Å². The highest BCUT2D eigenvalue weighted by molar-refractivity contribution is 5.75. The van der Waals surface area contributed by atoms with Crippen LogP contribution in [0.1, 0.15) is 51.2 Å². The van der Waals surface area contributed by atoms with Gasteiger partial charge in [-0.3, -0.25) is 4.79 Å². The van der Waals surface area contributed by atoms with Crippen molar-refractivity contribution in [2.24, 2.45) is 5.92 Å². The fourth-order valence-corrected chi connectivity index (χ4v) is 2.90. The zero-order chi connectivity index (χ0) is 16.0. The molecule has 1 unspecified atom stereocenters. The first kappa shape index (κ1) is 17.0. The van der Waals surface area contributed by atoms with Gasteiger partial charge in [0.2, 0.25) is 5.91 Å². The summed E-state index contributed by atoms with van der Waals surface area (Å²) in [5, 5.41) is 6.38. The van der Waals surface area contributed by atoms with E-state index in [0.717, 1.165) is 32.5 Å². The zero-order valence-electron chi connectivity index (χ0n) is 14.2. The molecule has 1 fully saturated rings. The maximum Gasteiger partial charge on any atom is 0.220 e. The van der Waals surface area contributed by atoms with Crippen LogP contribution in [0, 0.1) is 5.92 Å². The summed E-state index contributed by atoms with van der Waals surface area (Å²) in [6.07, 6.45) is 3.79. The van der Waals surface area contributed by atoms with Crippen molar-refractivity contribution in [2.75, 3.05) is 19.6 Å². The summed E-state index contributed by atoms with van der Waals surface area (Å²) in [7, 11) is 0. The fraction of sp³-hybridized carbons (Fsp3) is 0.632. The third-order valence-electron chi connectivity index (χ3n) is 4.50. The molecule has 22 heavy (non-hydrogen) atoms. The summed E-state index contributed by atoms with van der Waals surface area (Å²) >= 11 is 0. The molecule has 1 aromatic rings. The van der Waals surface area contributed by atoms with E-state index >= 15 is 0 Å². The van der Waals surface area contributed by atoms with E-state index in [1.54, 1.807) is 0 Å². The maximum atomic E-state index is 11.8. The second-order valence-corrected chi connectivity index (χ2v) is 7.44. The van der Waals surface area contributed by atoms with E-state index in [1.807, 2.05) is 0 Å². The number of nitrogens with one attached hydrogen (secondary N) is 2. The zero-order valence-corrected chi connectivity index (χ0v) is 14.2. The molecular formula is C19H30N2O. The van der Waals surface area contributed by atoms with Gasteiger partial charge in [0.05, 0.1) is 0 Å². The first-order valence-electron chi connectivity index (χ1n) is 8.52. The molecule has 1 aliphatic heterocycles. The first-order chi connectivity index (χ1) is 10.4. The van der Waals surface area contributed by atoms with E-state index in [2.05, 4.69) is 55.7 Å². The van der Waals surface area contributed by atoms with E-state index < -0.39 is 0 Å². The predicted octanol–water partition coefficient (Wildman–Crippen LogP) is 3.03. The van der Waals surface area contributed by atoms with Crippen LogP contribution in [0.2, 0.25) is 0 Å². The first-order valence-corrected chi connectivity index (χ1v) is 8.52. The summed E-state index contributed by atoms with van der Waals surface area (Å²) in [6, 6.07) is 8.75. The molecule has 122 valence electrons. The van der Waals surface area contributed by atoms with Crippen LogP contribution in [0.4, 0.5) is 0 Å². The molecular weight excluding hydrogens is 272 g/mol. The largest absolute Gasteiger partial charge is 0.356 e. The van der Waals surface area contributed by atoms with Crippen molar-refractivity contribution in [3.63, 3.8) is 0 Å². The molecule has 2 N–H and O–H groups in total. The lowest BCUT2D eigenvalue weighted by molar-refractivity contribution is -0.121. The standard InChI is InChI=1S/C19H30N2O/c1-19(2,3)17-7-4-15(5-8-17)11-13-21-18(22)9-6-16-10-12-20-14-16/h4-5,7-8,16,20H,6,9-14H2,1-3H3,(H,21,22). The lowest BCUT2D eigenvalue weighted by atomic mass is 9.86. The van der Waals surface area contributed by atoms with Gasteiger partial charge in [-0.05, 0) is 54.8 Å². The van der Waals surface area contributed by atoms with E-state index in [-0.39, 0.29) is 11.3 Å². The van der Waals surface area contributed by atoms with Crippen LogP contribution >= 0.6 is 0 Å². The molecule has 1 amide bonds. The number of amides is 1. The topological polar surface area (TPSA) is 41.1 Å². The molecule has 3 heteroatoms. The number of rotatable bonds is 6. The van der Waals surface area contributed by atoms with Crippen LogP contribution in [0.5, 0.6) is 0 Å². The Kier molecular flexibility index (Phi) is 6.01. The Labute approximate surface area is 134 Å². The molecule has 3 nitrogen and oxygen atoms in total. The van der Waals surface area contributed by atoms with Gasteiger partial charge < -0.3 is 10.6 Å². The number of benzene rings is 1. The minimum atomic E-state index is 0.193. The molecule has 2 rings (SSSR count). The average molecular weight is 302 g/mol.